The van der Waals surface area contributed by atoms with Crippen LogP contribution in [0, 0.1) is 10.5 Å². The van der Waals surface area contributed by atoms with Gasteiger partial charge in [0, 0.05) is 10.0 Å². The molecule has 0 unspecified atom stereocenters. The van der Waals surface area contributed by atoms with Crippen molar-refractivity contribution in [3.8, 4) is 17.0 Å². The average Bonchev–Trinajstić information content (AvgIpc) is 2.36. The molecular formula is C11H7BrClFN2OS. The molecule has 0 aliphatic carbocycles. The highest BCUT2D eigenvalue weighted by atomic mass is 79.9. The van der Waals surface area contributed by atoms with Crippen molar-refractivity contribution in [3.63, 3.8) is 0 Å². The quantitative estimate of drug-likeness (QED) is 0.646. The number of H-pyrrole nitrogens is 1. The van der Waals surface area contributed by atoms with E-state index in [0.29, 0.717) is 15.9 Å². The minimum absolute atomic E-state index is 0.00526. The SMILES string of the molecule is COc1c(-c2ccc(Br)c(Cl)c2F)[nH]cnc1=S. The Labute approximate surface area is 121 Å². The Hall–Kier alpha value is -0.980. The molecule has 0 saturated heterocycles. The zero-order valence-corrected chi connectivity index (χ0v) is 12.3. The lowest BCUT2D eigenvalue weighted by Crippen LogP contribution is -1.96. The molecular weight excluding hydrogens is 343 g/mol. The van der Waals surface area contributed by atoms with Crippen LogP contribution in [-0.4, -0.2) is 17.1 Å². The first-order valence-electron chi connectivity index (χ1n) is 4.81. The van der Waals surface area contributed by atoms with E-state index in [2.05, 4.69) is 25.9 Å². The van der Waals surface area contributed by atoms with Gasteiger partial charge in [0.05, 0.1) is 24.2 Å². The van der Waals surface area contributed by atoms with E-state index in [1.807, 2.05) is 0 Å². The Morgan fingerprint density at radius 3 is 2.89 bits per heavy atom. The third-order valence-corrected chi connectivity index (χ3v) is 3.87. The van der Waals surface area contributed by atoms with Gasteiger partial charge in [-0.1, -0.05) is 23.8 Å². The molecule has 94 valence electrons. The lowest BCUT2D eigenvalue weighted by molar-refractivity contribution is 0.410. The summed E-state index contributed by atoms with van der Waals surface area (Å²) in [7, 11) is 1.45. The molecule has 1 aromatic heterocycles. The van der Waals surface area contributed by atoms with Crippen molar-refractivity contribution in [1.82, 2.24) is 9.97 Å². The Bertz CT molecular complexity index is 662. The topological polar surface area (TPSA) is 37.9 Å². The largest absolute Gasteiger partial charge is 0.491 e. The minimum Gasteiger partial charge on any atom is -0.491 e. The van der Waals surface area contributed by atoms with Crippen LogP contribution in [0.25, 0.3) is 11.3 Å². The van der Waals surface area contributed by atoms with Gasteiger partial charge in [0.2, 0.25) is 0 Å². The van der Waals surface area contributed by atoms with Crippen LogP contribution in [-0.2, 0) is 0 Å². The van der Waals surface area contributed by atoms with Gasteiger partial charge >= 0.3 is 0 Å². The molecule has 3 nitrogen and oxygen atoms in total. The molecule has 1 aromatic carbocycles. The Morgan fingerprint density at radius 1 is 1.50 bits per heavy atom. The maximum Gasteiger partial charge on any atom is 0.179 e. The van der Waals surface area contributed by atoms with E-state index in [0.717, 1.165) is 0 Å². The number of methoxy groups -OCH3 is 1. The summed E-state index contributed by atoms with van der Waals surface area (Å²) in [6.45, 7) is 0. The summed E-state index contributed by atoms with van der Waals surface area (Å²) in [5.74, 6) is -0.244. The Kier molecular flexibility index (Phi) is 3.99. The number of rotatable bonds is 2. The van der Waals surface area contributed by atoms with Crippen LogP contribution in [0.4, 0.5) is 4.39 Å². The van der Waals surface area contributed by atoms with Gasteiger partial charge in [0.25, 0.3) is 0 Å². The standard InChI is InChI=1S/C11H7BrClFN2OS/c1-17-10-9(15-4-16-11(10)18)5-2-3-6(12)7(13)8(5)14/h2-4H,1H3,(H,15,16,18). The summed E-state index contributed by atoms with van der Waals surface area (Å²) in [4.78, 5) is 6.69. The van der Waals surface area contributed by atoms with Gasteiger partial charge in [-0.05, 0) is 28.1 Å². The van der Waals surface area contributed by atoms with Crippen molar-refractivity contribution in [2.24, 2.45) is 0 Å². The molecule has 1 N–H and O–H groups in total. The van der Waals surface area contributed by atoms with E-state index < -0.39 is 5.82 Å². The average molecular weight is 350 g/mol. The molecule has 0 radical (unpaired) electrons. The zero-order valence-electron chi connectivity index (χ0n) is 9.13. The summed E-state index contributed by atoms with van der Waals surface area (Å²) in [6, 6.07) is 3.23. The van der Waals surface area contributed by atoms with Crippen LogP contribution in [0.15, 0.2) is 22.9 Å². The van der Waals surface area contributed by atoms with Gasteiger partial charge in [-0.15, -0.1) is 0 Å². The van der Waals surface area contributed by atoms with Crippen molar-refractivity contribution in [2.45, 2.75) is 0 Å². The second kappa shape index (κ2) is 5.34. The minimum atomic E-state index is -0.554. The smallest absolute Gasteiger partial charge is 0.179 e. The molecule has 0 spiro atoms. The predicted molar refractivity (Wildman–Crippen MR) is 74.1 cm³/mol. The second-order valence-electron chi connectivity index (χ2n) is 3.34. The van der Waals surface area contributed by atoms with Crippen molar-refractivity contribution in [3.05, 3.63) is 38.4 Å². The van der Waals surface area contributed by atoms with Crippen molar-refractivity contribution >= 4 is 39.7 Å². The highest BCUT2D eigenvalue weighted by molar-refractivity contribution is 9.10. The number of benzene rings is 1. The van der Waals surface area contributed by atoms with E-state index in [9.17, 15) is 4.39 Å². The molecule has 0 aliphatic rings. The van der Waals surface area contributed by atoms with Crippen molar-refractivity contribution in [1.29, 1.82) is 0 Å². The lowest BCUT2D eigenvalue weighted by Gasteiger charge is -2.10. The van der Waals surface area contributed by atoms with E-state index >= 15 is 0 Å². The monoisotopic (exact) mass is 348 g/mol. The number of hydrogen-bond acceptors (Lipinski definition) is 3. The van der Waals surface area contributed by atoms with E-state index in [1.165, 1.54) is 13.4 Å². The summed E-state index contributed by atoms with van der Waals surface area (Å²) in [5, 5.41) is 0.00526. The highest BCUT2D eigenvalue weighted by Crippen LogP contribution is 2.35. The molecule has 0 bridgehead atoms. The lowest BCUT2D eigenvalue weighted by atomic mass is 10.1. The maximum absolute atomic E-state index is 14.1. The van der Waals surface area contributed by atoms with E-state index in [1.54, 1.807) is 12.1 Å². The van der Waals surface area contributed by atoms with Crippen molar-refractivity contribution < 1.29 is 9.13 Å². The van der Waals surface area contributed by atoms with Crippen LogP contribution in [0.1, 0.15) is 0 Å². The fourth-order valence-electron chi connectivity index (χ4n) is 1.49. The number of nitrogens with one attached hydrogen (secondary N) is 1. The van der Waals surface area contributed by atoms with Gasteiger partial charge in [-0.2, -0.15) is 0 Å². The fourth-order valence-corrected chi connectivity index (χ4v) is 2.20. The molecule has 18 heavy (non-hydrogen) atoms. The molecule has 0 amide bonds. The molecule has 0 atom stereocenters. The van der Waals surface area contributed by atoms with Crippen LogP contribution in [0.3, 0.4) is 0 Å². The predicted octanol–water partition coefficient (Wildman–Crippen LogP) is 4.37. The van der Waals surface area contributed by atoms with E-state index in [-0.39, 0.29) is 15.2 Å². The first-order valence-corrected chi connectivity index (χ1v) is 6.39. The first kappa shape index (κ1) is 13.5. The van der Waals surface area contributed by atoms with Gasteiger partial charge in [0.1, 0.15) is 0 Å². The molecule has 2 aromatic rings. The number of nitrogens with zero attached hydrogens (tertiary/aromatic N) is 1. The number of ether oxygens (including phenoxy) is 1. The number of aromatic nitrogens is 2. The van der Waals surface area contributed by atoms with Gasteiger partial charge in [-0.25, -0.2) is 9.37 Å². The van der Waals surface area contributed by atoms with E-state index in [4.69, 9.17) is 28.6 Å². The number of halogens is 3. The first-order chi connectivity index (χ1) is 8.56. The summed E-state index contributed by atoms with van der Waals surface area (Å²) in [5.41, 5.74) is 0.679. The van der Waals surface area contributed by atoms with Crippen LogP contribution in [0.5, 0.6) is 5.75 Å². The Morgan fingerprint density at radius 2 is 2.22 bits per heavy atom. The van der Waals surface area contributed by atoms with Crippen LogP contribution >= 0.6 is 39.7 Å². The summed E-state index contributed by atoms with van der Waals surface area (Å²) in [6.07, 6.45) is 1.38. The third-order valence-electron chi connectivity index (χ3n) is 2.32. The maximum atomic E-state index is 14.1. The molecule has 7 heteroatoms. The summed E-state index contributed by atoms with van der Waals surface area (Å²) >= 11 is 14.0. The van der Waals surface area contributed by atoms with Gasteiger partial charge in [-0.3, -0.25) is 0 Å². The van der Waals surface area contributed by atoms with Crippen molar-refractivity contribution in [2.75, 3.05) is 7.11 Å². The molecule has 0 aliphatic heterocycles. The normalized spacial score (nSPS) is 10.4. The molecule has 1 heterocycles. The number of aromatic amines is 1. The second-order valence-corrected chi connectivity index (χ2v) is 4.96. The highest BCUT2D eigenvalue weighted by Gasteiger charge is 2.16. The van der Waals surface area contributed by atoms with Gasteiger partial charge in [0.15, 0.2) is 16.2 Å². The molecule has 0 fully saturated rings. The third kappa shape index (κ3) is 2.28. The van der Waals surface area contributed by atoms with Crippen LogP contribution in [0.2, 0.25) is 5.02 Å². The zero-order chi connectivity index (χ0) is 13.3. The summed E-state index contributed by atoms with van der Waals surface area (Å²) < 4.78 is 20.0. The Balaban J connectivity index is 2.74. The van der Waals surface area contributed by atoms with Gasteiger partial charge < -0.3 is 9.72 Å². The van der Waals surface area contributed by atoms with Crippen LogP contribution < -0.4 is 4.74 Å². The molecule has 0 saturated carbocycles. The number of hydrogen-bond donors (Lipinski definition) is 1. The molecule has 2 rings (SSSR count). The fraction of sp³-hybridized carbons (Fsp3) is 0.0909.